The molecule has 3 heteroatoms. The topological polar surface area (TPSA) is 38.0 Å². The van der Waals surface area contributed by atoms with E-state index >= 15 is 0 Å². The largest absolute Gasteiger partial charge is 0.389 e. The van der Waals surface area contributed by atoms with Crippen molar-refractivity contribution in [2.75, 3.05) is 0 Å². The molecule has 114 valence electrons. The fourth-order valence-electron chi connectivity index (χ4n) is 3.79. The van der Waals surface area contributed by atoms with E-state index in [0.29, 0.717) is 12.5 Å². The Bertz CT molecular complexity index is 434. The summed E-state index contributed by atoms with van der Waals surface area (Å²) in [5.74, 6) is 0. The molecular formula is C17H30N2O. The van der Waals surface area contributed by atoms with E-state index in [2.05, 4.69) is 44.6 Å². The molecule has 20 heavy (non-hydrogen) atoms. The average Bonchev–Trinajstić information content (AvgIpc) is 2.76. The normalized spacial score (nSPS) is 26.1. The van der Waals surface area contributed by atoms with Crippen molar-refractivity contribution in [3.8, 4) is 0 Å². The van der Waals surface area contributed by atoms with Crippen molar-refractivity contribution in [2.24, 2.45) is 5.41 Å². The monoisotopic (exact) mass is 278 g/mol. The fraction of sp³-hybridized carbons (Fsp3) is 0.824. The summed E-state index contributed by atoms with van der Waals surface area (Å²) in [6, 6.07) is 2.57. The van der Waals surface area contributed by atoms with E-state index in [1.54, 1.807) is 0 Å². The van der Waals surface area contributed by atoms with E-state index in [1.165, 1.54) is 6.42 Å². The van der Waals surface area contributed by atoms with Gasteiger partial charge in [0.15, 0.2) is 0 Å². The van der Waals surface area contributed by atoms with Gasteiger partial charge in [0.25, 0.3) is 0 Å². The van der Waals surface area contributed by atoms with Gasteiger partial charge in [-0.05, 0) is 43.6 Å². The Morgan fingerprint density at radius 1 is 1.30 bits per heavy atom. The Morgan fingerprint density at radius 2 is 2.00 bits per heavy atom. The maximum atomic E-state index is 10.9. The highest BCUT2D eigenvalue weighted by Crippen LogP contribution is 2.42. The molecule has 3 nitrogen and oxygen atoms in total. The predicted octanol–water partition coefficient (Wildman–Crippen LogP) is 4.12. The lowest BCUT2D eigenvalue weighted by atomic mass is 9.68. The number of hydrogen-bond acceptors (Lipinski definition) is 2. The van der Waals surface area contributed by atoms with Gasteiger partial charge < -0.3 is 5.11 Å². The molecule has 1 atom stereocenters. The summed E-state index contributed by atoms with van der Waals surface area (Å²) in [5.41, 5.74) is 0.733. The van der Waals surface area contributed by atoms with Gasteiger partial charge in [-0.15, -0.1) is 0 Å². The van der Waals surface area contributed by atoms with E-state index in [4.69, 9.17) is 5.10 Å². The third-order valence-corrected chi connectivity index (χ3v) is 4.79. The standard InChI is InChI=1S/C17H30N2O/c1-5-15(6-2)19-11-8-14(18-19)12-17(20)10-7-9-16(3,4)13-17/h8,11,15,20H,5-7,9-10,12-13H2,1-4H3. The number of aromatic nitrogens is 2. The van der Waals surface area contributed by atoms with Crippen LogP contribution in [0.1, 0.15) is 78.0 Å². The molecule has 1 heterocycles. The van der Waals surface area contributed by atoms with Crippen LogP contribution in [0.2, 0.25) is 0 Å². The molecule has 1 fully saturated rings. The van der Waals surface area contributed by atoms with Crippen molar-refractivity contribution >= 4 is 0 Å². The summed E-state index contributed by atoms with van der Waals surface area (Å²) in [6.45, 7) is 8.93. The second kappa shape index (κ2) is 5.88. The lowest BCUT2D eigenvalue weighted by Crippen LogP contribution is -2.40. The van der Waals surface area contributed by atoms with Crippen LogP contribution in [0, 0.1) is 5.41 Å². The van der Waals surface area contributed by atoms with Crippen LogP contribution in [0.4, 0.5) is 0 Å². The van der Waals surface area contributed by atoms with E-state index in [-0.39, 0.29) is 5.41 Å². The van der Waals surface area contributed by atoms with Crippen molar-refractivity contribution in [3.05, 3.63) is 18.0 Å². The van der Waals surface area contributed by atoms with Crippen molar-refractivity contribution in [3.63, 3.8) is 0 Å². The molecule has 0 radical (unpaired) electrons. The van der Waals surface area contributed by atoms with Gasteiger partial charge >= 0.3 is 0 Å². The van der Waals surface area contributed by atoms with Crippen LogP contribution < -0.4 is 0 Å². The fourth-order valence-corrected chi connectivity index (χ4v) is 3.79. The number of nitrogens with zero attached hydrogens (tertiary/aromatic N) is 2. The summed E-state index contributed by atoms with van der Waals surface area (Å²) < 4.78 is 2.08. The first-order valence-electron chi connectivity index (χ1n) is 8.14. The molecule has 1 N–H and O–H groups in total. The van der Waals surface area contributed by atoms with Crippen LogP contribution in [-0.4, -0.2) is 20.5 Å². The maximum Gasteiger partial charge on any atom is 0.0708 e. The van der Waals surface area contributed by atoms with Crippen LogP contribution in [0.5, 0.6) is 0 Å². The summed E-state index contributed by atoms with van der Waals surface area (Å²) in [5, 5.41) is 15.6. The van der Waals surface area contributed by atoms with Crippen molar-refractivity contribution < 1.29 is 5.11 Å². The summed E-state index contributed by atoms with van der Waals surface area (Å²) in [6.07, 6.45) is 9.12. The van der Waals surface area contributed by atoms with Gasteiger partial charge in [-0.2, -0.15) is 5.10 Å². The number of hydrogen-bond donors (Lipinski definition) is 1. The second-order valence-electron chi connectivity index (χ2n) is 7.35. The zero-order valence-electron chi connectivity index (χ0n) is 13.5. The van der Waals surface area contributed by atoms with Crippen LogP contribution in [0.3, 0.4) is 0 Å². The summed E-state index contributed by atoms with van der Waals surface area (Å²) >= 11 is 0. The minimum atomic E-state index is -0.561. The van der Waals surface area contributed by atoms with Gasteiger partial charge in [0, 0.05) is 12.6 Å². The molecule has 1 aromatic heterocycles. The number of aliphatic hydroxyl groups is 1. The van der Waals surface area contributed by atoms with E-state index in [9.17, 15) is 5.11 Å². The highest BCUT2D eigenvalue weighted by Gasteiger charge is 2.38. The molecule has 0 aliphatic heterocycles. The van der Waals surface area contributed by atoms with Gasteiger partial charge in [0.1, 0.15) is 0 Å². The minimum Gasteiger partial charge on any atom is -0.389 e. The van der Waals surface area contributed by atoms with E-state index < -0.39 is 5.60 Å². The molecule has 1 aliphatic carbocycles. The lowest BCUT2D eigenvalue weighted by molar-refractivity contribution is -0.0389. The van der Waals surface area contributed by atoms with E-state index in [0.717, 1.165) is 37.8 Å². The molecule has 0 saturated heterocycles. The molecule has 1 aliphatic rings. The number of rotatable bonds is 5. The first-order chi connectivity index (χ1) is 9.37. The van der Waals surface area contributed by atoms with Crippen molar-refractivity contribution in [1.29, 1.82) is 0 Å². The zero-order chi connectivity index (χ0) is 14.8. The lowest BCUT2D eigenvalue weighted by Gasteiger charge is -2.41. The Kier molecular flexibility index (Phi) is 4.58. The van der Waals surface area contributed by atoms with Crippen LogP contribution in [0.25, 0.3) is 0 Å². The maximum absolute atomic E-state index is 10.9. The Morgan fingerprint density at radius 3 is 2.60 bits per heavy atom. The van der Waals surface area contributed by atoms with Crippen molar-refractivity contribution in [2.45, 2.75) is 84.3 Å². The Labute approximate surface area is 123 Å². The van der Waals surface area contributed by atoms with Crippen LogP contribution >= 0.6 is 0 Å². The van der Waals surface area contributed by atoms with Gasteiger partial charge in [-0.25, -0.2) is 0 Å². The minimum absolute atomic E-state index is 0.255. The summed E-state index contributed by atoms with van der Waals surface area (Å²) in [4.78, 5) is 0. The molecule has 1 unspecified atom stereocenters. The summed E-state index contributed by atoms with van der Waals surface area (Å²) in [7, 11) is 0. The Hall–Kier alpha value is -0.830. The third-order valence-electron chi connectivity index (χ3n) is 4.79. The first-order valence-corrected chi connectivity index (χ1v) is 8.14. The smallest absolute Gasteiger partial charge is 0.0708 e. The van der Waals surface area contributed by atoms with Crippen molar-refractivity contribution in [1.82, 2.24) is 9.78 Å². The molecule has 0 aromatic carbocycles. The molecule has 0 bridgehead atoms. The average molecular weight is 278 g/mol. The molecule has 0 spiro atoms. The first kappa shape index (κ1) is 15.6. The van der Waals surface area contributed by atoms with Gasteiger partial charge in [0.05, 0.1) is 17.3 Å². The third kappa shape index (κ3) is 3.63. The van der Waals surface area contributed by atoms with Gasteiger partial charge in [0.2, 0.25) is 0 Å². The van der Waals surface area contributed by atoms with E-state index in [1.807, 2.05) is 0 Å². The highest BCUT2D eigenvalue weighted by molar-refractivity contribution is 5.06. The zero-order valence-corrected chi connectivity index (χ0v) is 13.5. The predicted molar refractivity (Wildman–Crippen MR) is 82.7 cm³/mol. The Balaban J connectivity index is 2.06. The molecule has 0 amide bonds. The van der Waals surface area contributed by atoms with Crippen LogP contribution in [-0.2, 0) is 6.42 Å². The molecular weight excluding hydrogens is 248 g/mol. The second-order valence-corrected chi connectivity index (χ2v) is 7.35. The molecule has 2 rings (SSSR count). The molecule has 1 aromatic rings. The van der Waals surface area contributed by atoms with Gasteiger partial charge in [-0.3, -0.25) is 4.68 Å². The molecule has 1 saturated carbocycles. The van der Waals surface area contributed by atoms with Crippen LogP contribution in [0.15, 0.2) is 12.3 Å². The van der Waals surface area contributed by atoms with Gasteiger partial charge in [-0.1, -0.05) is 34.1 Å². The SMILES string of the molecule is CCC(CC)n1ccc(CC2(O)CCCC(C)(C)C2)n1. The quantitative estimate of drug-likeness (QED) is 0.880. The highest BCUT2D eigenvalue weighted by atomic mass is 16.3.